The van der Waals surface area contributed by atoms with E-state index in [1.807, 2.05) is 30.3 Å². The molecule has 5 rings (SSSR count). The molecular formula is C30H25Cl2N3O4S2. The zero-order valence-electron chi connectivity index (χ0n) is 21.9. The number of aliphatic hydroxyl groups excluding tert-OH is 1. The molecule has 0 aliphatic carbocycles. The van der Waals surface area contributed by atoms with E-state index in [4.69, 9.17) is 27.9 Å². The summed E-state index contributed by atoms with van der Waals surface area (Å²) in [6.07, 6.45) is 1.87. The second-order valence-corrected chi connectivity index (χ2v) is 12.3. The van der Waals surface area contributed by atoms with Crippen molar-refractivity contribution in [1.29, 1.82) is 0 Å². The number of thioether (sulfide) groups is 1. The number of amides is 1. The number of ether oxygens (including phenoxy) is 1. The van der Waals surface area contributed by atoms with Gasteiger partial charge in [0.05, 0.1) is 18.2 Å². The van der Waals surface area contributed by atoms with Crippen molar-refractivity contribution in [1.82, 2.24) is 10.2 Å². The molecule has 1 fully saturated rings. The number of carbonyl (C=O) groups is 2. The SMILES string of the molecule is CCCCOc1cccc(C2/C(=C(\O)c3ccc(Cl)cc3)C(=O)C(=O)N2c2nnc(SCc3ccc(Cl)cc3)s2)c1. The predicted molar refractivity (Wildman–Crippen MR) is 164 cm³/mol. The number of carbonyl (C=O) groups excluding carboxylic acids is 2. The fraction of sp³-hybridized carbons (Fsp3) is 0.200. The molecule has 3 aromatic carbocycles. The molecule has 1 saturated heterocycles. The maximum atomic E-state index is 13.5. The molecule has 11 heteroatoms. The van der Waals surface area contributed by atoms with Crippen LogP contribution in [0.1, 0.15) is 42.5 Å². The highest BCUT2D eigenvalue weighted by Crippen LogP contribution is 2.44. The van der Waals surface area contributed by atoms with Gasteiger partial charge in [0.2, 0.25) is 5.13 Å². The van der Waals surface area contributed by atoms with Gasteiger partial charge < -0.3 is 9.84 Å². The number of hydrogen-bond donors (Lipinski definition) is 1. The van der Waals surface area contributed by atoms with E-state index < -0.39 is 17.7 Å². The average Bonchev–Trinajstić information content (AvgIpc) is 3.55. The number of hydrogen-bond acceptors (Lipinski definition) is 8. The van der Waals surface area contributed by atoms with E-state index in [2.05, 4.69) is 17.1 Å². The van der Waals surface area contributed by atoms with Crippen LogP contribution < -0.4 is 9.64 Å². The van der Waals surface area contributed by atoms with E-state index in [1.54, 1.807) is 42.5 Å². The van der Waals surface area contributed by atoms with Crippen LogP contribution >= 0.6 is 46.3 Å². The van der Waals surface area contributed by atoms with Crippen LogP contribution in [-0.4, -0.2) is 33.6 Å². The predicted octanol–water partition coefficient (Wildman–Crippen LogP) is 7.94. The van der Waals surface area contributed by atoms with E-state index in [-0.39, 0.29) is 16.5 Å². The van der Waals surface area contributed by atoms with Crippen molar-refractivity contribution < 1.29 is 19.4 Å². The largest absolute Gasteiger partial charge is 0.507 e. The van der Waals surface area contributed by atoms with Gasteiger partial charge in [-0.3, -0.25) is 14.5 Å². The zero-order chi connectivity index (χ0) is 28.9. The van der Waals surface area contributed by atoms with E-state index >= 15 is 0 Å². The Labute approximate surface area is 255 Å². The molecule has 7 nitrogen and oxygen atoms in total. The standard InChI is InChI=1S/C30H25Cl2N3O4S2/c1-2-3-15-39-23-6-4-5-20(16-23)25-24(26(36)19-9-13-22(32)14-10-19)27(37)28(38)35(25)29-33-34-30(41-29)40-17-18-7-11-21(31)12-8-18/h4-14,16,25,36H,2-3,15,17H2,1H3/b26-24+. The molecule has 0 saturated carbocycles. The summed E-state index contributed by atoms with van der Waals surface area (Å²) in [7, 11) is 0. The van der Waals surface area contributed by atoms with Gasteiger partial charge in [-0.15, -0.1) is 10.2 Å². The molecule has 1 unspecified atom stereocenters. The van der Waals surface area contributed by atoms with Crippen LogP contribution in [0.3, 0.4) is 0 Å². The van der Waals surface area contributed by atoms with Crippen LogP contribution in [-0.2, 0) is 15.3 Å². The van der Waals surface area contributed by atoms with Gasteiger partial charge in [-0.25, -0.2) is 0 Å². The Morgan fingerprint density at radius 1 is 1.02 bits per heavy atom. The van der Waals surface area contributed by atoms with Crippen LogP contribution in [0, 0.1) is 0 Å². The lowest BCUT2D eigenvalue weighted by molar-refractivity contribution is -0.132. The average molecular weight is 627 g/mol. The number of aromatic nitrogens is 2. The monoisotopic (exact) mass is 625 g/mol. The van der Waals surface area contributed by atoms with Crippen LogP contribution in [0.4, 0.5) is 5.13 Å². The van der Waals surface area contributed by atoms with Gasteiger partial charge in [0.1, 0.15) is 11.5 Å². The van der Waals surface area contributed by atoms with Crippen molar-refractivity contribution in [3.05, 3.63) is 105 Å². The second kappa shape index (κ2) is 13.1. The minimum absolute atomic E-state index is 0.0476. The Morgan fingerprint density at radius 3 is 2.44 bits per heavy atom. The lowest BCUT2D eigenvalue weighted by Gasteiger charge is -2.23. The van der Waals surface area contributed by atoms with E-state index in [0.29, 0.717) is 43.6 Å². The Kier molecular flexibility index (Phi) is 9.29. The minimum Gasteiger partial charge on any atom is -0.507 e. The van der Waals surface area contributed by atoms with Crippen LogP contribution in [0.15, 0.2) is 82.7 Å². The Bertz CT molecular complexity index is 1590. The molecule has 1 amide bonds. The molecule has 1 aliphatic heterocycles. The van der Waals surface area contributed by atoms with Gasteiger partial charge in [0.15, 0.2) is 4.34 Å². The summed E-state index contributed by atoms with van der Waals surface area (Å²) in [6.45, 7) is 2.61. The molecule has 1 atom stereocenters. The molecule has 1 aliphatic rings. The molecule has 0 spiro atoms. The van der Waals surface area contributed by atoms with Gasteiger partial charge in [-0.05, 0) is 66.1 Å². The first-order valence-electron chi connectivity index (χ1n) is 12.9. The fourth-order valence-electron chi connectivity index (χ4n) is 4.30. The van der Waals surface area contributed by atoms with Crippen LogP contribution in [0.25, 0.3) is 5.76 Å². The van der Waals surface area contributed by atoms with Crippen molar-refractivity contribution >= 4 is 68.9 Å². The number of nitrogens with zero attached hydrogens (tertiary/aromatic N) is 3. The molecule has 210 valence electrons. The van der Waals surface area contributed by atoms with Crippen molar-refractivity contribution in [2.24, 2.45) is 0 Å². The van der Waals surface area contributed by atoms with Gasteiger partial charge in [0, 0.05) is 21.4 Å². The Balaban J connectivity index is 1.53. The molecule has 0 radical (unpaired) electrons. The number of anilines is 1. The molecule has 4 aromatic rings. The number of Topliss-reactive ketones (excluding diaryl/α,β-unsaturated/α-hetero) is 1. The smallest absolute Gasteiger partial charge is 0.301 e. The highest BCUT2D eigenvalue weighted by molar-refractivity contribution is 8.00. The van der Waals surface area contributed by atoms with E-state index in [1.165, 1.54) is 28.0 Å². The first kappa shape index (κ1) is 29.1. The summed E-state index contributed by atoms with van der Waals surface area (Å²) in [5.74, 6) is -0.684. The summed E-state index contributed by atoms with van der Waals surface area (Å²) in [5, 5.41) is 21.3. The number of benzene rings is 3. The number of unbranched alkanes of at least 4 members (excludes halogenated alkanes) is 1. The van der Waals surface area contributed by atoms with E-state index in [9.17, 15) is 14.7 Å². The zero-order valence-corrected chi connectivity index (χ0v) is 25.1. The lowest BCUT2D eigenvalue weighted by atomic mass is 9.95. The minimum atomic E-state index is -0.942. The highest BCUT2D eigenvalue weighted by atomic mass is 35.5. The van der Waals surface area contributed by atoms with Gasteiger partial charge in [-0.1, -0.05) is 83.9 Å². The normalized spacial score (nSPS) is 16.4. The number of ketones is 1. The number of rotatable bonds is 10. The quantitative estimate of drug-likeness (QED) is 0.0477. The third kappa shape index (κ3) is 6.59. The van der Waals surface area contributed by atoms with Gasteiger partial charge in [-0.2, -0.15) is 0 Å². The summed E-state index contributed by atoms with van der Waals surface area (Å²) >= 11 is 14.7. The van der Waals surface area contributed by atoms with Crippen LogP contribution in [0.2, 0.25) is 10.0 Å². The van der Waals surface area contributed by atoms with Crippen molar-refractivity contribution in [3.63, 3.8) is 0 Å². The van der Waals surface area contributed by atoms with Crippen molar-refractivity contribution in [2.75, 3.05) is 11.5 Å². The van der Waals surface area contributed by atoms with E-state index in [0.717, 1.165) is 18.4 Å². The molecule has 1 aromatic heterocycles. The molecule has 0 bridgehead atoms. The first-order chi connectivity index (χ1) is 19.9. The molecular weight excluding hydrogens is 601 g/mol. The number of halogens is 2. The summed E-state index contributed by atoms with van der Waals surface area (Å²) in [5.41, 5.74) is 1.97. The first-order valence-corrected chi connectivity index (χ1v) is 15.4. The van der Waals surface area contributed by atoms with Crippen LogP contribution in [0.5, 0.6) is 5.75 Å². The molecule has 2 heterocycles. The van der Waals surface area contributed by atoms with Gasteiger partial charge >= 0.3 is 5.91 Å². The van der Waals surface area contributed by atoms with Crippen molar-refractivity contribution in [2.45, 2.75) is 35.9 Å². The molecule has 41 heavy (non-hydrogen) atoms. The Morgan fingerprint density at radius 2 is 1.73 bits per heavy atom. The summed E-state index contributed by atoms with van der Waals surface area (Å²) in [6, 6.07) is 20.2. The Hall–Kier alpha value is -3.37. The van der Waals surface area contributed by atoms with Crippen molar-refractivity contribution in [3.8, 4) is 5.75 Å². The summed E-state index contributed by atoms with van der Waals surface area (Å²) < 4.78 is 6.53. The molecule has 1 N–H and O–H groups in total. The third-order valence-electron chi connectivity index (χ3n) is 6.38. The maximum absolute atomic E-state index is 13.5. The summed E-state index contributed by atoms with van der Waals surface area (Å²) in [4.78, 5) is 28.3. The second-order valence-electron chi connectivity index (χ2n) is 9.22. The lowest BCUT2D eigenvalue weighted by Crippen LogP contribution is -2.29. The third-order valence-corrected chi connectivity index (χ3v) is 9.01. The number of aliphatic hydroxyl groups is 1. The highest BCUT2D eigenvalue weighted by Gasteiger charge is 2.48. The fourth-order valence-corrected chi connectivity index (χ4v) is 6.38. The topological polar surface area (TPSA) is 92.6 Å². The van der Waals surface area contributed by atoms with Gasteiger partial charge in [0.25, 0.3) is 5.78 Å². The maximum Gasteiger partial charge on any atom is 0.301 e.